The van der Waals surface area contributed by atoms with Gasteiger partial charge in [-0.15, -0.1) is 0 Å². The second kappa shape index (κ2) is 8.38. The average molecular weight is 412 g/mol. The molecule has 2 bridgehead atoms. The fourth-order valence-corrected chi connectivity index (χ4v) is 4.92. The van der Waals surface area contributed by atoms with Gasteiger partial charge < -0.3 is 10.3 Å². The van der Waals surface area contributed by atoms with E-state index in [1.807, 2.05) is 25.4 Å². The maximum absolute atomic E-state index is 11.9. The van der Waals surface area contributed by atoms with Crippen LogP contribution in [0.5, 0.6) is 0 Å². The first-order valence-electron chi connectivity index (χ1n) is 10.7. The average Bonchev–Trinajstić information content (AvgIpc) is 2.76. The SMILES string of the molecule is C=C(NC)c1ccc(/C=C/C=NC23CC(C)=CC(Cc4[nH]c(=O)ccc42)/C3=C\C)cc1. The number of rotatable bonds is 5. The van der Waals surface area contributed by atoms with Crippen molar-refractivity contribution in [1.82, 2.24) is 10.3 Å². The van der Waals surface area contributed by atoms with E-state index in [0.717, 1.165) is 40.9 Å². The zero-order valence-electron chi connectivity index (χ0n) is 18.4. The summed E-state index contributed by atoms with van der Waals surface area (Å²) in [5, 5.41) is 3.07. The fraction of sp³-hybridized carbons (Fsp3) is 0.259. The molecule has 1 heterocycles. The molecule has 0 saturated heterocycles. The van der Waals surface area contributed by atoms with Gasteiger partial charge >= 0.3 is 0 Å². The van der Waals surface area contributed by atoms with Gasteiger partial charge in [0, 0.05) is 48.6 Å². The molecule has 4 nitrogen and oxygen atoms in total. The molecule has 0 aliphatic heterocycles. The Morgan fingerprint density at radius 1 is 1.26 bits per heavy atom. The second-order valence-corrected chi connectivity index (χ2v) is 8.31. The van der Waals surface area contributed by atoms with Gasteiger partial charge in [-0.1, -0.05) is 54.6 Å². The first-order valence-corrected chi connectivity index (χ1v) is 10.7. The van der Waals surface area contributed by atoms with E-state index < -0.39 is 5.54 Å². The largest absolute Gasteiger partial charge is 0.388 e. The van der Waals surface area contributed by atoms with Gasteiger partial charge in [-0.2, -0.15) is 0 Å². The Morgan fingerprint density at radius 2 is 2.03 bits per heavy atom. The minimum atomic E-state index is -0.450. The van der Waals surface area contributed by atoms with Gasteiger partial charge in [0.2, 0.25) is 5.56 Å². The summed E-state index contributed by atoms with van der Waals surface area (Å²) in [6, 6.07) is 11.8. The van der Waals surface area contributed by atoms with Crippen molar-refractivity contribution >= 4 is 18.0 Å². The molecule has 0 spiro atoms. The summed E-state index contributed by atoms with van der Waals surface area (Å²) in [6.45, 7) is 8.26. The molecule has 0 amide bonds. The van der Waals surface area contributed by atoms with E-state index in [1.54, 1.807) is 6.07 Å². The highest BCUT2D eigenvalue weighted by Gasteiger charge is 2.46. The van der Waals surface area contributed by atoms with Crippen molar-refractivity contribution in [3.8, 4) is 0 Å². The molecule has 0 saturated carbocycles. The highest BCUT2D eigenvalue weighted by atomic mass is 16.1. The third-order valence-electron chi connectivity index (χ3n) is 6.31. The fourth-order valence-electron chi connectivity index (χ4n) is 4.92. The lowest BCUT2D eigenvalue weighted by atomic mass is 9.63. The van der Waals surface area contributed by atoms with Gasteiger partial charge in [-0.25, -0.2) is 0 Å². The van der Waals surface area contributed by atoms with Crippen molar-refractivity contribution in [2.45, 2.75) is 32.2 Å². The Hall–Kier alpha value is -3.40. The van der Waals surface area contributed by atoms with Gasteiger partial charge in [0.15, 0.2) is 0 Å². The van der Waals surface area contributed by atoms with Crippen molar-refractivity contribution in [2.75, 3.05) is 7.05 Å². The number of aliphatic imine (C=N–C) groups is 1. The van der Waals surface area contributed by atoms with Crippen LogP contribution in [0.3, 0.4) is 0 Å². The van der Waals surface area contributed by atoms with Crippen molar-refractivity contribution in [1.29, 1.82) is 0 Å². The number of pyridine rings is 1. The Bertz CT molecular complexity index is 1180. The van der Waals surface area contributed by atoms with Crippen LogP contribution in [0, 0.1) is 5.92 Å². The molecule has 2 unspecified atom stereocenters. The first kappa shape index (κ1) is 20.9. The minimum absolute atomic E-state index is 0.0510. The predicted octanol–water partition coefficient (Wildman–Crippen LogP) is 5.01. The summed E-state index contributed by atoms with van der Waals surface area (Å²) in [4.78, 5) is 20.1. The van der Waals surface area contributed by atoms with Crippen LogP contribution in [-0.2, 0) is 12.0 Å². The third-order valence-corrected chi connectivity index (χ3v) is 6.31. The number of H-pyrrole nitrogens is 1. The molecule has 1 aromatic carbocycles. The molecule has 0 radical (unpaired) electrons. The summed E-state index contributed by atoms with van der Waals surface area (Å²) in [5.41, 5.74) is 7.36. The maximum atomic E-state index is 11.9. The molecule has 2 N–H and O–H groups in total. The van der Waals surface area contributed by atoms with Gasteiger partial charge in [0.05, 0.1) is 0 Å². The standard InChI is InChI=1S/C27H29N3O/c1-5-23-22-15-18(2)17-27(23,24-12-13-26(31)30-25(24)16-22)29-14-6-7-20-8-10-21(11-9-20)19(3)28-4/h5-15,22,28H,3,16-17H2,1-2,4H3,(H,30,31)/b7-6+,23-5+,29-14?. The lowest BCUT2D eigenvalue weighted by Gasteiger charge is -2.45. The van der Waals surface area contributed by atoms with E-state index in [-0.39, 0.29) is 11.5 Å². The van der Waals surface area contributed by atoms with Gasteiger partial charge in [-0.3, -0.25) is 9.79 Å². The molecule has 2 atom stereocenters. The number of nitrogens with one attached hydrogen (secondary N) is 2. The molecular formula is C27H29N3O. The smallest absolute Gasteiger partial charge is 0.248 e. The molecule has 158 valence electrons. The van der Waals surface area contributed by atoms with Crippen molar-refractivity contribution in [3.05, 3.63) is 105 Å². The number of allylic oxidation sites excluding steroid dienone is 3. The molecule has 4 heteroatoms. The summed E-state index contributed by atoms with van der Waals surface area (Å²) < 4.78 is 0. The second-order valence-electron chi connectivity index (χ2n) is 8.31. The normalized spacial score (nSPS) is 23.8. The van der Waals surface area contributed by atoms with E-state index in [1.165, 1.54) is 11.1 Å². The molecule has 0 fully saturated rings. The Balaban J connectivity index is 1.67. The van der Waals surface area contributed by atoms with Crippen LogP contribution in [0.4, 0.5) is 0 Å². The van der Waals surface area contributed by atoms with Crippen LogP contribution in [0.15, 0.2) is 82.1 Å². The quantitative estimate of drug-likeness (QED) is 0.537. The van der Waals surface area contributed by atoms with Crippen LogP contribution < -0.4 is 10.9 Å². The van der Waals surface area contributed by atoms with Gasteiger partial charge in [0.1, 0.15) is 5.54 Å². The van der Waals surface area contributed by atoms with E-state index in [4.69, 9.17) is 4.99 Å². The van der Waals surface area contributed by atoms with Crippen molar-refractivity contribution < 1.29 is 0 Å². The van der Waals surface area contributed by atoms with E-state index in [2.05, 4.69) is 73.2 Å². The third kappa shape index (κ3) is 3.86. The number of fused-ring (bicyclic) bond motifs is 4. The zero-order valence-corrected chi connectivity index (χ0v) is 18.4. The number of aromatic nitrogens is 1. The number of benzene rings is 1. The van der Waals surface area contributed by atoms with Crippen LogP contribution in [-0.4, -0.2) is 18.2 Å². The first-order chi connectivity index (χ1) is 15.0. The van der Waals surface area contributed by atoms with E-state index >= 15 is 0 Å². The predicted molar refractivity (Wildman–Crippen MR) is 130 cm³/mol. The summed E-state index contributed by atoms with van der Waals surface area (Å²) in [6.07, 6.45) is 12.1. The van der Waals surface area contributed by atoms with Gasteiger partial charge in [-0.05, 0) is 49.1 Å². The monoisotopic (exact) mass is 411 g/mol. The molecule has 31 heavy (non-hydrogen) atoms. The molecule has 2 aliphatic rings. The molecular weight excluding hydrogens is 382 g/mol. The van der Waals surface area contributed by atoms with E-state index in [0.29, 0.717) is 0 Å². The highest BCUT2D eigenvalue weighted by molar-refractivity contribution is 5.79. The topological polar surface area (TPSA) is 57.2 Å². The molecule has 1 aromatic heterocycles. The Morgan fingerprint density at radius 3 is 2.74 bits per heavy atom. The van der Waals surface area contributed by atoms with Crippen molar-refractivity contribution in [3.63, 3.8) is 0 Å². The Labute approximate surface area is 183 Å². The zero-order chi connectivity index (χ0) is 22.0. The summed E-state index contributed by atoms with van der Waals surface area (Å²) in [5.74, 6) is 0.276. The van der Waals surface area contributed by atoms with Crippen molar-refractivity contribution in [2.24, 2.45) is 10.9 Å². The minimum Gasteiger partial charge on any atom is -0.388 e. The summed E-state index contributed by atoms with van der Waals surface area (Å²) >= 11 is 0. The molecule has 4 rings (SSSR count). The summed E-state index contributed by atoms with van der Waals surface area (Å²) in [7, 11) is 1.87. The maximum Gasteiger partial charge on any atom is 0.248 e. The molecule has 2 aliphatic carbocycles. The number of hydrogen-bond acceptors (Lipinski definition) is 3. The van der Waals surface area contributed by atoms with Crippen LogP contribution in [0.1, 0.15) is 42.7 Å². The number of hydrogen-bond donors (Lipinski definition) is 2. The number of nitrogens with zero attached hydrogens (tertiary/aromatic N) is 1. The lowest BCUT2D eigenvalue weighted by Crippen LogP contribution is -2.40. The van der Waals surface area contributed by atoms with Crippen LogP contribution in [0.25, 0.3) is 11.8 Å². The number of aromatic amines is 1. The van der Waals surface area contributed by atoms with E-state index in [9.17, 15) is 4.79 Å². The molecule has 2 aromatic rings. The van der Waals surface area contributed by atoms with Gasteiger partial charge in [0.25, 0.3) is 0 Å². The highest BCUT2D eigenvalue weighted by Crippen LogP contribution is 2.51. The van der Waals surface area contributed by atoms with Crippen LogP contribution in [0.2, 0.25) is 0 Å². The lowest BCUT2D eigenvalue weighted by molar-refractivity contribution is 0.413. The Kier molecular flexibility index (Phi) is 5.64. The van der Waals surface area contributed by atoms with Crippen LogP contribution >= 0.6 is 0 Å².